The molecule has 5 atom stereocenters. The fourth-order valence-corrected chi connectivity index (χ4v) is 4.87. The fourth-order valence-electron chi connectivity index (χ4n) is 4.87. The van der Waals surface area contributed by atoms with Crippen molar-refractivity contribution in [2.45, 2.75) is 62.7 Å². The monoisotopic (exact) mass is 387 g/mol. The lowest BCUT2D eigenvalue weighted by Crippen LogP contribution is -2.65. The van der Waals surface area contributed by atoms with Crippen LogP contribution in [0.5, 0.6) is 0 Å². The molecule has 6 heteroatoms. The number of hydrogen-bond acceptors (Lipinski definition) is 6. The molecule has 0 radical (unpaired) electrons. The van der Waals surface area contributed by atoms with Gasteiger partial charge in [0, 0.05) is 37.9 Å². The highest BCUT2D eigenvalue weighted by Gasteiger charge is 2.54. The number of fused-ring (bicyclic) bond motifs is 2. The van der Waals surface area contributed by atoms with E-state index in [0.717, 1.165) is 43.6 Å². The Kier molecular flexibility index (Phi) is 5.41. The summed E-state index contributed by atoms with van der Waals surface area (Å²) in [6, 6.07) is 5.93. The summed E-state index contributed by atoms with van der Waals surface area (Å²) in [5, 5.41) is 11.5. The van der Waals surface area contributed by atoms with E-state index in [9.17, 15) is 5.11 Å². The van der Waals surface area contributed by atoms with Crippen molar-refractivity contribution >= 4 is 0 Å². The summed E-state index contributed by atoms with van der Waals surface area (Å²) in [7, 11) is 2.07. The number of nitrogens with zero attached hydrogens (tertiary/aromatic N) is 3. The summed E-state index contributed by atoms with van der Waals surface area (Å²) in [5.74, 6) is 1.62. The fraction of sp³-hybridized carbons (Fsp3) is 0.773. The van der Waals surface area contributed by atoms with Crippen molar-refractivity contribution < 1.29 is 14.6 Å². The Morgan fingerprint density at radius 1 is 1.11 bits per heavy atom. The second-order valence-corrected chi connectivity index (χ2v) is 9.24. The van der Waals surface area contributed by atoms with Crippen LogP contribution in [0.2, 0.25) is 0 Å². The predicted molar refractivity (Wildman–Crippen MR) is 106 cm³/mol. The number of pyridine rings is 1. The highest BCUT2D eigenvalue weighted by molar-refractivity contribution is 5.06. The summed E-state index contributed by atoms with van der Waals surface area (Å²) >= 11 is 0. The van der Waals surface area contributed by atoms with Crippen LogP contribution in [0.1, 0.15) is 31.4 Å². The number of aromatic nitrogens is 1. The van der Waals surface area contributed by atoms with Crippen molar-refractivity contribution in [2.24, 2.45) is 11.8 Å². The molecule has 1 N–H and O–H groups in total. The van der Waals surface area contributed by atoms with Gasteiger partial charge in [0.25, 0.3) is 0 Å². The predicted octanol–water partition coefficient (Wildman–Crippen LogP) is 1.53. The lowest BCUT2D eigenvalue weighted by Gasteiger charge is -2.46. The molecule has 28 heavy (non-hydrogen) atoms. The van der Waals surface area contributed by atoms with Gasteiger partial charge in [-0.1, -0.05) is 6.07 Å². The third-order valence-corrected chi connectivity index (χ3v) is 6.85. The third kappa shape index (κ3) is 4.12. The molecule has 6 nitrogen and oxygen atoms in total. The van der Waals surface area contributed by atoms with Crippen molar-refractivity contribution in [2.75, 3.05) is 33.3 Å². The van der Waals surface area contributed by atoms with Crippen molar-refractivity contribution in [1.29, 1.82) is 0 Å². The van der Waals surface area contributed by atoms with E-state index in [1.54, 1.807) is 0 Å². The normalized spacial score (nSPS) is 35.1. The average molecular weight is 388 g/mol. The van der Waals surface area contributed by atoms with Gasteiger partial charge in [-0.15, -0.1) is 0 Å². The molecule has 1 aromatic rings. The molecule has 2 saturated heterocycles. The molecule has 2 aliphatic heterocycles. The van der Waals surface area contributed by atoms with Gasteiger partial charge in [0.15, 0.2) is 6.29 Å². The van der Waals surface area contributed by atoms with E-state index in [2.05, 4.69) is 27.9 Å². The van der Waals surface area contributed by atoms with E-state index in [0.29, 0.717) is 6.61 Å². The van der Waals surface area contributed by atoms with Crippen LogP contribution >= 0.6 is 0 Å². The molecular formula is C22H33N3O3. The smallest absolute Gasteiger partial charge is 0.176 e. The van der Waals surface area contributed by atoms with Gasteiger partial charge in [-0.2, -0.15) is 0 Å². The standard InChI is InChI=1S/C22H33N3O3/c1-24(11-9-17-4-2-3-10-23-17)20-21(26)19(18-14-27-22(20)28-18)25(12-15-5-6-15)13-16-7-8-16/h2-4,10,15-16,18-22,26H,5-9,11-14H2,1H3. The van der Waals surface area contributed by atoms with Crippen LogP contribution in [-0.2, 0) is 15.9 Å². The van der Waals surface area contributed by atoms with Gasteiger partial charge in [0.1, 0.15) is 6.10 Å². The number of aliphatic hydroxyl groups is 1. The maximum absolute atomic E-state index is 11.5. The van der Waals surface area contributed by atoms with Crippen LogP contribution in [-0.4, -0.2) is 83.8 Å². The zero-order chi connectivity index (χ0) is 19.1. The zero-order valence-electron chi connectivity index (χ0n) is 16.8. The van der Waals surface area contributed by atoms with Gasteiger partial charge in [-0.3, -0.25) is 14.8 Å². The minimum atomic E-state index is -0.447. The molecular weight excluding hydrogens is 354 g/mol. The molecule has 3 heterocycles. The first-order valence-corrected chi connectivity index (χ1v) is 11.0. The minimum absolute atomic E-state index is 0.00191. The lowest BCUT2D eigenvalue weighted by atomic mass is 9.93. The van der Waals surface area contributed by atoms with Gasteiger partial charge < -0.3 is 14.6 Å². The Bertz CT molecular complexity index is 638. The highest BCUT2D eigenvalue weighted by atomic mass is 16.7. The van der Waals surface area contributed by atoms with Crippen molar-refractivity contribution in [3.8, 4) is 0 Å². The van der Waals surface area contributed by atoms with E-state index in [-0.39, 0.29) is 24.5 Å². The van der Waals surface area contributed by atoms with Gasteiger partial charge in [0.05, 0.1) is 24.8 Å². The topological polar surface area (TPSA) is 58.1 Å². The maximum atomic E-state index is 11.5. The van der Waals surface area contributed by atoms with E-state index in [1.165, 1.54) is 25.7 Å². The summed E-state index contributed by atoms with van der Waals surface area (Å²) in [6.07, 6.45) is 7.26. The van der Waals surface area contributed by atoms with Crippen molar-refractivity contribution in [3.05, 3.63) is 30.1 Å². The van der Waals surface area contributed by atoms with Crippen LogP contribution < -0.4 is 0 Å². The van der Waals surface area contributed by atoms with Gasteiger partial charge in [0.2, 0.25) is 0 Å². The molecule has 4 aliphatic rings. The van der Waals surface area contributed by atoms with Crippen LogP contribution in [0, 0.1) is 11.8 Å². The maximum Gasteiger partial charge on any atom is 0.176 e. The quantitative estimate of drug-likeness (QED) is 0.694. The first kappa shape index (κ1) is 18.9. The molecule has 0 amide bonds. The summed E-state index contributed by atoms with van der Waals surface area (Å²) in [4.78, 5) is 9.19. The number of aliphatic hydroxyl groups excluding tert-OH is 1. The number of hydrogen-bond donors (Lipinski definition) is 1. The van der Waals surface area contributed by atoms with Gasteiger partial charge in [-0.25, -0.2) is 0 Å². The Balaban J connectivity index is 1.28. The molecule has 5 rings (SSSR count). The van der Waals surface area contributed by atoms with Crippen LogP contribution in [0.3, 0.4) is 0 Å². The Morgan fingerprint density at radius 2 is 1.86 bits per heavy atom. The summed E-state index contributed by atoms with van der Waals surface area (Å²) < 4.78 is 12.3. The van der Waals surface area contributed by atoms with Crippen LogP contribution in [0.4, 0.5) is 0 Å². The second kappa shape index (κ2) is 8.00. The second-order valence-electron chi connectivity index (χ2n) is 9.24. The Hall–Kier alpha value is -1.05. The number of rotatable bonds is 9. The highest BCUT2D eigenvalue weighted by Crippen LogP contribution is 2.39. The van der Waals surface area contributed by atoms with E-state index >= 15 is 0 Å². The largest absolute Gasteiger partial charge is 0.390 e. The molecule has 0 spiro atoms. The number of ether oxygens (including phenoxy) is 2. The first-order valence-electron chi connectivity index (χ1n) is 11.0. The molecule has 2 bridgehead atoms. The molecule has 5 unspecified atom stereocenters. The molecule has 4 fully saturated rings. The zero-order valence-corrected chi connectivity index (χ0v) is 16.8. The molecule has 154 valence electrons. The van der Waals surface area contributed by atoms with Crippen LogP contribution in [0.15, 0.2) is 24.4 Å². The van der Waals surface area contributed by atoms with Crippen molar-refractivity contribution in [1.82, 2.24) is 14.8 Å². The molecule has 0 aromatic carbocycles. The van der Waals surface area contributed by atoms with Crippen molar-refractivity contribution in [3.63, 3.8) is 0 Å². The SMILES string of the molecule is CN(CCc1ccccn1)C1C2OCC(O2)C(N(CC2CC2)CC2CC2)C1O. The third-order valence-electron chi connectivity index (χ3n) is 6.85. The Morgan fingerprint density at radius 3 is 2.50 bits per heavy atom. The summed E-state index contributed by atoms with van der Waals surface area (Å²) in [5.41, 5.74) is 1.08. The summed E-state index contributed by atoms with van der Waals surface area (Å²) in [6.45, 7) is 3.63. The number of likely N-dealkylation sites (N-methyl/N-ethyl adjacent to an activating group) is 1. The molecule has 2 saturated carbocycles. The first-order chi connectivity index (χ1) is 13.7. The minimum Gasteiger partial charge on any atom is -0.390 e. The molecule has 2 aliphatic carbocycles. The van der Waals surface area contributed by atoms with E-state index in [1.807, 2.05) is 18.3 Å². The van der Waals surface area contributed by atoms with E-state index in [4.69, 9.17) is 9.47 Å². The van der Waals surface area contributed by atoms with Gasteiger partial charge >= 0.3 is 0 Å². The lowest BCUT2D eigenvalue weighted by molar-refractivity contribution is -0.195. The average Bonchev–Trinajstić information content (AvgIpc) is 3.63. The van der Waals surface area contributed by atoms with E-state index < -0.39 is 6.10 Å². The van der Waals surface area contributed by atoms with Gasteiger partial charge in [-0.05, 0) is 56.7 Å². The van der Waals surface area contributed by atoms with Crippen LogP contribution in [0.25, 0.3) is 0 Å². The molecule has 1 aromatic heterocycles. The Labute approximate surface area is 167 Å².